The third-order valence-corrected chi connectivity index (χ3v) is 2.12. The monoisotopic (exact) mass is 224 g/mol. The maximum absolute atomic E-state index is 5.74. The minimum atomic E-state index is -0.0364. The van der Waals surface area contributed by atoms with Gasteiger partial charge in [-0.15, -0.1) is 12.3 Å². The predicted octanol–water partition coefficient (Wildman–Crippen LogP) is 1.57. The highest BCUT2D eigenvalue weighted by Crippen LogP contribution is 2.15. The number of hydrazine groups is 1. The van der Waals surface area contributed by atoms with Crippen LogP contribution < -0.4 is 16.0 Å². The van der Waals surface area contributed by atoms with E-state index < -0.39 is 0 Å². The molecule has 1 unspecified atom stereocenters. The lowest BCUT2D eigenvalue weighted by atomic mass is 10.2. The average molecular weight is 225 g/mol. The lowest BCUT2D eigenvalue weighted by molar-refractivity contribution is 0.267. The Hall–Kier alpha value is -1.21. The van der Waals surface area contributed by atoms with Crippen LogP contribution in [0.5, 0.6) is 5.75 Å². The Balaban J connectivity index is 2.42. The zero-order chi connectivity index (χ0) is 11.1. The second-order valence-corrected chi connectivity index (χ2v) is 3.47. The van der Waals surface area contributed by atoms with E-state index in [1.807, 2.05) is 0 Å². The average Bonchev–Trinajstić information content (AvgIpc) is 2.26. The SMILES string of the molecule is C#CCC(COc1ccc(Cl)cc1)NN. The van der Waals surface area contributed by atoms with Crippen molar-refractivity contribution in [1.82, 2.24) is 5.43 Å². The number of rotatable bonds is 5. The Kier molecular flexibility index (Phi) is 4.99. The van der Waals surface area contributed by atoms with Gasteiger partial charge in [0.25, 0.3) is 0 Å². The number of nitrogens with one attached hydrogen (secondary N) is 1. The van der Waals surface area contributed by atoms with Crippen LogP contribution in [0.4, 0.5) is 0 Å². The molecule has 0 saturated carbocycles. The van der Waals surface area contributed by atoms with Gasteiger partial charge in [-0.05, 0) is 24.3 Å². The summed E-state index contributed by atoms with van der Waals surface area (Å²) in [6.45, 7) is 0.433. The highest BCUT2D eigenvalue weighted by molar-refractivity contribution is 6.30. The minimum absolute atomic E-state index is 0.0364. The van der Waals surface area contributed by atoms with Gasteiger partial charge < -0.3 is 4.74 Å². The fraction of sp³-hybridized carbons (Fsp3) is 0.273. The van der Waals surface area contributed by atoms with Crippen molar-refractivity contribution in [3.8, 4) is 18.1 Å². The Labute approximate surface area is 94.5 Å². The Bertz CT molecular complexity index is 331. The molecule has 0 spiro atoms. The van der Waals surface area contributed by atoms with E-state index in [1.165, 1.54) is 0 Å². The van der Waals surface area contributed by atoms with Crippen molar-refractivity contribution in [3.63, 3.8) is 0 Å². The zero-order valence-corrected chi connectivity index (χ0v) is 9.00. The van der Waals surface area contributed by atoms with E-state index in [-0.39, 0.29) is 6.04 Å². The van der Waals surface area contributed by atoms with Gasteiger partial charge in [0.2, 0.25) is 0 Å². The largest absolute Gasteiger partial charge is 0.492 e. The summed E-state index contributed by atoms with van der Waals surface area (Å²) in [5.74, 6) is 8.57. The molecule has 3 N–H and O–H groups in total. The molecule has 0 fully saturated rings. The van der Waals surface area contributed by atoms with Crippen molar-refractivity contribution in [2.24, 2.45) is 5.84 Å². The van der Waals surface area contributed by atoms with Crippen molar-refractivity contribution < 1.29 is 4.74 Å². The van der Waals surface area contributed by atoms with Gasteiger partial charge in [0.1, 0.15) is 12.4 Å². The molecule has 1 rings (SSSR count). The van der Waals surface area contributed by atoms with Crippen LogP contribution in [-0.4, -0.2) is 12.6 Å². The van der Waals surface area contributed by atoms with E-state index >= 15 is 0 Å². The van der Waals surface area contributed by atoms with Crippen LogP contribution in [0.1, 0.15) is 6.42 Å². The van der Waals surface area contributed by atoms with Crippen molar-refractivity contribution in [1.29, 1.82) is 0 Å². The first-order valence-corrected chi connectivity index (χ1v) is 4.92. The number of nitrogens with two attached hydrogens (primary N) is 1. The number of ether oxygens (including phenoxy) is 1. The van der Waals surface area contributed by atoms with Gasteiger partial charge in [-0.1, -0.05) is 11.6 Å². The van der Waals surface area contributed by atoms with Crippen LogP contribution in [-0.2, 0) is 0 Å². The van der Waals surface area contributed by atoms with E-state index in [2.05, 4.69) is 11.3 Å². The molecule has 15 heavy (non-hydrogen) atoms. The molecule has 0 aliphatic rings. The smallest absolute Gasteiger partial charge is 0.119 e. The molecule has 0 heterocycles. The standard InChI is InChI=1S/C11H13ClN2O/c1-2-3-10(14-13)8-15-11-6-4-9(12)5-7-11/h1,4-7,10,14H,3,8,13H2. The Morgan fingerprint density at radius 3 is 2.67 bits per heavy atom. The molecule has 3 nitrogen and oxygen atoms in total. The molecule has 0 radical (unpaired) electrons. The maximum atomic E-state index is 5.74. The number of halogens is 1. The Morgan fingerprint density at radius 2 is 2.13 bits per heavy atom. The van der Waals surface area contributed by atoms with Gasteiger partial charge in [0, 0.05) is 11.4 Å². The quantitative estimate of drug-likeness (QED) is 0.454. The van der Waals surface area contributed by atoms with Crippen LogP contribution in [0, 0.1) is 12.3 Å². The molecule has 1 atom stereocenters. The lowest BCUT2D eigenvalue weighted by Gasteiger charge is -2.14. The second-order valence-electron chi connectivity index (χ2n) is 3.04. The van der Waals surface area contributed by atoms with Crippen molar-refractivity contribution >= 4 is 11.6 Å². The minimum Gasteiger partial charge on any atom is -0.492 e. The van der Waals surface area contributed by atoms with Gasteiger partial charge in [-0.2, -0.15) is 0 Å². The molecule has 0 aliphatic heterocycles. The van der Waals surface area contributed by atoms with Crippen LogP contribution in [0.3, 0.4) is 0 Å². The fourth-order valence-corrected chi connectivity index (χ4v) is 1.16. The molecule has 0 aromatic heterocycles. The van der Waals surface area contributed by atoms with Crippen LogP contribution in [0.15, 0.2) is 24.3 Å². The molecule has 1 aromatic rings. The normalized spacial score (nSPS) is 11.8. The highest BCUT2D eigenvalue weighted by atomic mass is 35.5. The Morgan fingerprint density at radius 1 is 1.47 bits per heavy atom. The number of hydrogen-bond donors (Lipinski definition) is 2. The van der Waals surface area contributed by atoms with E-state index in [9.17, 15) is 0 Å². The third-order valence-electron chi connectivity index (χ3n) is 1.86. The van der Waals surface area contributed by atoms with E-state index in [0.717, 1.165) is 5.75 Å². The van der Waals surface area contributed by atoms with Gasteiger partial charge in [-0.3, -0.25) is 11.3 Å². The van der Waals surface area contributed by atoms with E-state index in [1.54, 1.807) is 24.3 Å². The number of terminal acetylenes is 1. The molecule has 0 bridgehead atoms. The summed E-state index contributed by atoms with van der Waals surface area (Å²) in [4.78, 5) is 0. The summed E-state index contributed by atoms with van der Waals surface area (Å²) in [6.07, 6.45) is 5.71. The highest BCUT2D eigenvalue weighted by Gasteiger charge is 2.05. The van der Waals surface area contributed by atoms with Crippen molar-refractivity contribution in [3.05, 3.63) is 29.3 Å². The van der Waals surface area contributed by atoms with E-state index in [4.69, 9.17) is 28.6 Å². The zero-order valence-electron chi connectivity index (χ0n) is 8.24. The van der Waals surface area contributed by atoms with E-state index in [0.29, 0.717) is 18.1 Å². The molecular formula is C11H13ClN2O. The number of hydrogen-bond acceptors (Lipinski definition) is 3. The first-order valence-electron chi connectivity index (χ1n) is 4.54. The molecular weight excluding hydrogens is 212 g/mol. The molecule has 1 aromatic carbocycles. The summed E-state index contributed by atoms with van der Waals surface area (Å²) >= 11 is 5.74. The first kappa shape index (κ1) is 11.9. The second kappa shape index (κ2) is 6.31. The summed E-state index contributed by atoms with van der Waals surface area (Å²) in [7, 11) is 0. The topological polar surface area (TPSA) is 47.3 Å². The van der Waals surface area contributed by atoms with Crippen LogP contribution >= 0.6 is 11.6 Å². The maximum Gasteiger partial charge on any atom is 0.119 e. The summed E-state index contributed by atoms with van der Waals surface area (Å²) in [6, 6.07) is 7.09. The van der Waals surface area contributed by atoms with Crippen molar-refractivity contribution in [2.75, 3.05) is 6.61 Å². The molecule has 0 saturated heterocycles. The van der Waals surface area contributed by atoms with Crippen LogP contribution in [0.2, 0.25) is 5.02 Å². The lowest BCUT2D eigenvalue weighted by Crippen LogP contribution is -2.39. The summed E-state index contributed by atoms with van der Waals surface area (Å²) in [5, 5.41) is 0.680. The van der Waals surface area contributed by atoms with Gasteiger partial charge in [-0.25, -0.2) is 0 Å². The molecule has 4 heteroatoms. The number of benzene rings is 1. The molecule has 80 valence electrons. The fourth-order valence-electron chi connectivity index (χ4n) is 1.04. The van der Waals surface area contributed by atoms with Crippen LogP contribution in [0.25, 0.3) is 0 Å². The first-order chi connectivity index (χ1) is 7.26. The third kappa shape index (κ3) is 4.22. The van der Waals surface area contributed by atoms with Gasteiger partial charge in [0.15, 0.2) is 0 Å². The van der Waals surface area contributed by atoms with Gasteiger partial charge >= 0.3 is 0 Å². The molecule has 0 amide bonds. The van der Waals surface area contributed by atoms with Gasteiger partial charge in [0.05, 0.1) is 6.04 Å². The van der Waals surface area contributed by atoms with Crippen molar-refractivity contribution in [2.45, 2.75) is 12.5 Å². The summed E-state index contributed by atoms with van der Waals surface area (Å²) in [5.41, 5.74) is 2.59. The predicted molar refractivity (Wildman–Crippen MR) is 61.5 cm³/mol. The molecule has 0 aliphatic carbocycles. The summed E-state index contributed by atoms with van der Waals surface area (Å²) < 4.78 is 5.47.